The van der Waals surface area contributed by atoms with Crippen LogP contribution in [0.5, 0.6) is 5.75 Å². The van der Waals surface area contributed by atoms with Gasteiger partial charge in [-0.25, -0.2) is 0 Å². The number of benzene rings is 2. The minimum Gasteiger partial charge on any atom is -0.485 e. The standard InChI is InChI=1S/C16H15ClO2/c1-10-6-7-15-12(8-10)14(18)9-16(19-15)11-4-2-3-5-13(11)17/h2-8,14,16,18H,9H2,1H3/t14-,16?/m0/s1. The molecule has 0 radical (unpaired) electrons. The molecule has 1 N–H and O–H groups in total. The Morgan fingerprint density at radius 1 is 1.16 bits per heavy atom. The molecule has 1 unspecified atom stereocenters. The monoisotopic (exact) mass is 274 g/mol. The zero-order chi connectivity index (χ0) is 13.4. The quantitative estimate of drug-likeness (QED) is 0.844. The van der Waals surface area contributed by atoms with Crippen LogP contribution in [0.1, 0.15) is 35.3 Å². The first-order valence-electron chi connectivity index (χ1n) is 6.35. The first kappa shape index (κ1) is 12.5. The van der Waals surface area contributed by atoms with Gasteiger partial charge in [-0.1, -0.05) is 41.4 Å². The van der Waals surface area contributed by atoms with E-state index in [0.29, 0.717) is 11.4 Å². The molecule has 2 nitrogen and oxygen atoms in total. The van der Waals surface area contributed by atoms with Crippen molar-refractivity contribution in [1.29, 1.82) is 0 Å². The van der Waals surface area contributed by atoms with E-state index in [1.54, 1.807) is 0 Å². The first-order chi connectivity index (χ1) is 9.15. The van der Waals surface area contributed by atoms with Crippen LogP contribution >= 0.6 is 11.6 Å². The third-order valence-electron chi connectivity index (χ3n) is 3.48. The summed E-state index contributed by atoms with van der Waals surface area (Å²) in [4.78, 5) is 0. The van der Waals surface area contributed by atoms with Gasteiger partial charge in [-0.05, 0) is 25.1 Å². The van der Waals surface area contributed by atoms with Crippen molar-refractivity contribution in [2.45, 2.75) is 25.6 Å². The summed E-state index contributed by atoms with van der Waals surface area (Å²) in [6, 6.07) is 13.5. The highest BCUT2D eigenvalue weighted by atomic mass is 35.5. The number of hydrogen-bond donors (Lipinski definition) is 1. The summed E-state index contributed by atoms with van der Waals surface area (Å²) < 4.78 is 5.98. The molecule has 1 aliphatic rings. The van der Waals surface area contributed by atoms with Gasteiger partial charge in [0, 0.05) is 22.6 Å². The van der Waals surface area contributed by atoms with Gasteiger partial charge >= 0.3 is 0 Å². The number of hydrogen-bond acceptors (Lipinski definition) is 2. The van der Waals surface area contributed by atoms with Crippen LogP contribution in [0.4, 0.5) is 0 Å². The topological polar surface area (TPSA) is 29.5 Å². The Bertz CT molecular complexity index is 609. The van der Waals surface area contributed by atoms with E-state index in [1.807, 2.05) is 49.4 Å². The van der Waals surface area contributed by atoms with E-state index in [4.69, 9.17) is 16.3 Å². The van der Waals surface area contributed by atoms with Crippen molar-refractivity contribution in [1.82, 2.24) is 0 Å². The predicted octanol–water partition coefficient (Wildman–Crippen LogP) is 4.21. The summed E-state index contributed by atoms with van der Waals surface area (Å²) in [7, 11) is 0. The molecule has 1 aliphatic heterocycles. The summed E-state index contributed by atoms with van der Waals surface area (Å²) in [5, 5.41) is 11.0. The molecule has 2 aromatic carbocycles. The highest BCUT2D eigenvalue weighted by Gasteiger charge is 2.29. The van der Waals surface area contributed by atoms with Crippen LogP contribution in [0.15, 0.2) is 42.5 Å². The molecule has 0 saturated heterocycles. The largest absolute Gasteiger partial charge is 0.485 e. The molecule has 0 aliphatic carbocycles. The zero-order valence-corrected chi connectivity index (χ0v) is 11.4. The van der Waals surface area contributed by atoms with E-state index in [2.05, 4.69) is 0 Å². The fourth-order valence-corrected chi connectivity index (χ4v) is 2.75. The maximum Gasteiger partial charge on any atom is 0.128 e. The number of aryl methyl sites for hydroxylation is 1. The molecule has 0 saturated carbocycles. The third-order valence-corrected chi connectivity index (χ3v) is 3.83. The van der Waals surface area contributed by atoms with E-state index < -0.39 is 6.10 Å². The smallest absolute Gasteiger partial charge is 0.128 e. The minimum absolute atomic E-state index is 0.195. The molecule has 2 aromatic rings. The Balaban J connectivity index is 1.97. The second-order valence-electron chi connectivity index (χ2n) is 4.92. The zero-order valence-electron chi connectivity index (χ0n) is 10.6. The Hall–Kier alpha value is -1.51. The van der Waals surface area contributed by atoms with Crippen LogP contribution in [0, 0.1) is 6.92 Å². The molecular weight excluding hydrogens is 260 g/mol. The Kier molecular flexibility index (Phi) is 3.21. The van der Waals surface area contributed by atoms with Gasteiger partial charge in [-0.3, -0.25) is 0 Å². The lowest BCUT2D eigenvalue weighted by Crippen LogP contribution is -2.19. The lowest BCUT2D eigenvalue weighted by atomic mass is 9.94. The van der Waals surface area contributed by atoms with Crippen LogP contribution in [-0.2, 0) is 0 Å². The second kappa shape index (κ2) is 4.87. The maximum atomic E-state index is 10.3. The molecule has 3 heteroatoms. The molecule has 98 valence electrons. The van der Waals surface area contributed by atoms with Crippen LogP contribution in [0.3, 0.4) is 0 Å². The van der Waals surface area contributed by atoms with Crippen molar-refractivity contribution >= 4 is 11.6 Å². The summed E-state index contributed by atoms with van der Waals surface area (Å²) in [5.41, 5.74) is 2.91. The van der Waals surface area contributed by atoms with E-state index in [9.17, 15) is 5.11 Å². The molecule has 0 spiro atoms. The summed E-state index contributed by atoms with van der Waals surface area (Å²) in [6.45, 7) is 2.01. The number of aliphatic hydroxyl groups is 1. The van der Waals surface area contributed by atoms with Crippen LogP contribution < -0.4 is 4.74 Å². The van der Waals surface area contributed by atoms with Crippen molar-refractivity contribution in [3.63, 3.8) is 0 Å². The van der Waals surface area contributed by atoms with Gasteiger partial charge in [-0.15, -0.1) is 0 Å². The SMILES string of the molecule is Cc1ccc2c(c1)[C@@H](O)CC(c1ccccc1Cl)O2. The number of halogens is 1. The molecule has 3 rings (SSSR count). The summed E-state index contributed by atoms with van der Waals surface area (Å²) >= 11 is 6.20. The number of fused-ring (bicyclic) bond motifs is 1. The molecule has 1 heterocycles. The number of rotatable bonds is 1. The third kappa shape index (κ3) is 2.34. The highest BCUT2D eigenvalue weighted by Crippen LogP contribution is 2.42. The first-order valence-corrected chi connectivity index (χ1v) is 6.72. The number of ether oxygens (including phenoxy) is 1. The fraction of sp³-hybridized carbons (Fsp3) is 0.250. The Morgan fingerprint density at radius 2 is 1.95 bits per heavy atom. The van der Waals surface area contributed by atoms with Gasteiger partial charge in [0.25, 0.3) is 0 Å². The lowest BCUT2D eigenvalue weighted by molar-refractivity contribution is 0.0657. The van der Waals surface area contributed by atoms with E-state index in [0.717, 1.165) is 22.4 Å². The molecular formula is C16H15ClO2. The van der Waals surface area contributed by atoms with Gasteiger partial charge in [0.15, 0.2) is 0 Å². The van der Waals surface area contributed by atoms with Crippen molar-refractivity contribution < 1.29 is 9.84 Å². The average Bonchev–Trinajstić information content (AvgIpc) is 2.40. The Morgan fingerprint density at radius 3 is 2.74 bits per heavy atom. The fourth-order valence-electron chi connectivity index (χ4n) is 2.49. The molecule has 0 bridgehead atoms. The van der Waals surface area contributed by atoms with Gasteiger partial charge < -0.3 is 9.84 Å². The minimum atomic E-state index is -0.509. The average molecular weight is 275 g/mol. The van der Waals surface area contributed by atoms with E-state index in [1.165, 1.54) is 0 Å². The summed E-state index contributed by atoms with van der Waals surface area (Å²) in [5.74, 6) is 0.745. The van der Waals surface area contributed by atoms with Crippen LogP contribution in [0.2, 0.25) is 5.02 Å². The normalized spacial score (nSPS) is 21.6. The van der Waals surface area contributed by atoms with E-state index in [-0.39, 0.29) is 6.10 Å². The van der Waals surface area contributed by atoms with Gasteiger partial charge in [0.2, 0.25) is 0 Å². The number of aliphatic hydroxyl groups excluding tert-OH is 1. The second-order valence-corrected chi connectivity index (χ2v) is 5.33. The Labute approximate surface area is 117 Å². The maximum absolute atomic E-state index is 10.3. The van der Waals surface area contributed by atoms with Gasteiger partial charge in [0.1, 0.15) is 11.9 Å². The molecule has 2 atom stereocenters. The van der Waals surface area contributed by atoms with Gasteiger partial charge in [0.05, 0.1) is 6.10 Å². The van der Waals surface area contributed by atoms with Gasteiger partial charge in [-0.2, -0.15) is 0 Å². The van der Waals surface area contributed by atoms with Crippen molar-refractivity contribution in [2.24, 2.45) is 0 Å². The van der Waals surface area contributed by atoms with Crippen molar-refractivity contribution in [2.75, 3.05) is 0 Å². The highest BCUT2D eigenvalue weighted by molar-refractivity contribution is 6.31. The molecule has 0 amide bonds. The van der Waals surface area contributed by atoms with Crippen molar-refractivity contribution in [3.8, 4) is 5.75 Å². The molecule has 0 aromatic heterocycles. The van der Waals surface area contributed by atoms with Crippen molar-refractivity contribution in [3.05, 3.63) is 64.2 Å². The molecule has 0 fully saturated rings. The predicted molar refractivity (Wildman–Crippen MR) is 75.6 cm³/mol. The van der Waals surface area contributed by atoms with Crippen LogP contribution in [0.25, 0.3) is 0 Å². The van der Waals surface area contributed by atoms with E-state index >= 15 is 0 Å². The molecule has 19 heavy (non-hydrogen) atoms. The lowest BCUT2D eigenvalue weighted by Gasteiger charge is -2.30. The summed E-state index contributed by atoms with van der Waals surface area (Å²) in [6.07, 6.45) is -0.177. The van der Waals surface area contributed by atoms with Crippen LogP contribution in [-0.4, -0.2) is 5.11 Å².